The summed E-state index contributed by atoms with van der Waals surface area (Å²) in [6.07, 6.45) is 6.85. The van der Waals surface area contributed by atoms with Gasteiger partial charge in [0.2, 0.25) is 0 Å². The third kappa shape index (κ3) is 4.64. The van der Waals surface area contributed by atoms with Crippen LogP contribution in [0.5, 0.6) is 0 Å². The molecule has 0 unspecified atom stereocenters. The Balaban J connectivity index is 1.25. The van der Waals surface area contributed by atoms with E-state index in [1.165, 1.54) is 19.3 Å². The number of benzene rings is 2. The van der Waals surface area contributed by atoms with E-state index in [0.29, 0.717) is 17.5 Å². The molecule has 2 aromatic carbocycles. The Morgan fingerprint density at radius 3 is 2.60 bits per heavy atom. The Kier molecular flexibility index (Phi) is 6.31. The number of ether oxygens (including phenoxy) is 1. The van der Waals surface area contributed by atoms with Crippen LogP contribution in [0.15, 0.2) is 42.5 Å². The predicted octanol–water partition coefficient (Wildman–Crippen LogP) is 3.29. The van der Waals surface area contributed by atoms with Crippen LogP contribution in [0.3, 0.4) is 0 Å². The van der Waals surface area contributed by atoms with E-state index < -0.39 is 5.97 Å². The summed E-state index contributed by atoms with van der Waals surface area (Å²) in [5, 5.41) is 4.58. The van der Waals surface area contributed by atoms with Crippen molar-refractivity contribution in [3.63, 3.8) is 0 Å². The monoisotopic (exact) mass is 408 g/mol. The van der Waals surface area contributed by atoms with Gasteiger partial charge in [0.1, 0.15) is 6.54 Å². The molecule has 6 heteroatoms. The van der Waals surface area contributed by atoms with E-state index in [1.807, 2.05) is 35.2 Å². The third-order valence-electron chi connectivity index (χ3n) is 6.33. The lowest BCUT2D eigenvalue weighted by molar-refractivity contribution is -0.154. The number of esters is 1. The van der Waals surface area contributed by atoms with Crippen LogP contribution in [0.4, 0.5) is 0 Å². The molecule has 1 N–H and O–H groups in total. The van der Waals surface area contributed by atoms with Crippen molar-refractivity contribution in [2.45, 2.75) is 44.6 Å². The minimum Gasteiger partial charge on any atom is -0.454 e. The van der Waals surface area contributed by atoms with Crippen LogP contribution in [0.1, 0.15) is 48.9 Å². The first-order valence-electron chi connectivity index (χ1n) is 10.8. The highest BCUT2D eigenvalue weighted by Gasteiger charge is 2.35. The molecule has 1 saturated heterocycles. The summed E-state index contributed by atoms with van der Waals surface area (Å²) in [6.45, 7) is 0.231. The van der Waals surface area contributed by atoms with Gasteiger partial charge in [-0.1, -0.05) is 43.2 Å². The summed E-state index contributed by atoms with van der Waals surface area (Å²) in [6, 6.07) is 13.4. The molecule has 158 valence electrons. The summed E-state index contributed by atoms with van der Waals surface area (Å²) in [5.41, 5.74) is 0.481. The summed E-state index contributed by atoms with van der Waals surface area (Å²) in [7, 11) is 0. The van der Waals surface area contributed by atoms with Gasteiger partial charge in [0.05, 0.1) is 0 Å². The Morgan fingerprint density at radius 1 is 0.967 bits per heavy atom. The summed E-state index contributed by atoms with van der Waals surface area (Å²) >= 11 is 0. The number of nitrogens with one attached hydrogen (secondary N) is 1. The van der Waals surface area contributed by atoms with Crippen molar-refractivity contribution in [2.75, 3.05) is 19.7 Å². The van der Waals surface area contributed by atoms with Crippen LogP contribution in [0.25, 0.3) is 10.8 Å². The molecule has 0 bridgehead atoms. The van der Waals surface area contributed by atoms with E-state index in [0.717, 1.165) is 36.6 Å². The number of carbonyl (C=O) groups excluding carboxylic acids is 3. The zero-order valence-electron chi connectivity index (χ0n) is 17.1. The molecular formula is C24H28N2O4. The quantitative estimate of drug-likeness (QED) is 0.771. The van der Waals surface area contributed by atoms with Crippen LogP contribution in [0.2, 0.25) is 0 Å². The molecule has 1 aliphatic carbocycles. The standard InChI is InChI=1S/C24H28N2O4/c27-22(26-13-5-9-18-7-3-4-10-21(18)26)16-30-23(28)15-25-24(29)20-12-11-17-6-1-2-8-19(17)14-20/h1-2,6,8,11-12,14,18,21H,3-5,7,9-10,13,15-16H2,(H,25,29)/t18-,21+/m1/s1. The minimum atomic E-state index is -0.602. The van der Waals surface area contributed by atoms with E-state index in [4.69, 9.17) is 4.74 Å². The number of likely N-dealkylation sites (tertiary alicyclic amines) is 1. The first-order valence-corrected chi connectivity index (χ1v) is 10.8. The molecule has 1 heterocycles. The molecule has 0 radical (unpaired) electrons. The van der Waals surface area contributed by atoms with Crippen LogP contribution >= 0.6 is 0 Å². The average Bonchev–Trinajstić information content (AvgIpc) is 2.80. The van der Waals surface area contributed by atoms with Gasteiger partial charge in [-0.05, 0) is 54.5 Å². The number of carbonyl (C=O) groups is 3. The molecule has 2 atom stereocenters. The maximum Gasteiger partial charge on any atom is 0.325 e. The molecule has 6 nitrogen and oxygen atoms in total. The van der Waals surface area contributed by atoms with Gasteiger partial charge in [0.25, 0.3) is 11.8 Å². The van der Waals surface area contributed by atoms with E-state index >= 15 is 0 Å². The van der Waals surface area contributed by atoms with E-state index in [1.54, 1.807) is 12.1 Å². The molecular weight excluding hydrogens is 380 g/mol. The Morgan fingerprint density at radius 2 is 1.73 bits per heavy atom. The second-order valence-corrected chi connectivity index (χ2v) is 8.25. The zero-order chi connectivity index (χ0) is 20.9. The predicted molar refractivity (Wildman–Crippen MR) is 114 cm³/mol. The first-order chi connectivity index (χ1) is 14.6. The van der Waals surface area contributed by atoms with Gasteiger partial charge in [-0.15, -0.1) is 0 Å². The SMILES string of the molecule is O=C(CNC(=O)c1ccc2ccccc2c1)OCC(=O)N1CCC[C@H]2CCCC[C@@H]21. The maximum absolute atomic E-state index is 12.6. The van der Waals surface area contributed by atoms with E-state index in [-0.39, 0.29) is 25.0 Å². The van der Waals surface area contributed by atoms with Crippen molar-refractivity contribution in [3.05, 3.63) is 48.0 Å². The summed E-state index contributed by atoms with van der Waals surface area (Å²) in [5.74, 6) is -0.478. The molecule has 1 aliphatic heterocycles. The highest BCUT2D eigenvalue weighted by atomic mass is 16.5. The first kappa shape index (κ1) is 20.4. The number of piperidine rings is 1. The highest BCUT2D eigenvalue weighted by molar-refractivity contribution is 5.99. The summed E-state index contributed by atoms with van der Waals surface area (Å²) < 4.78 is 5.15. The second kappa shape index (κ2) is 9.28. The van der Waals surface area contributed by atoms with Gasteiger partial charge in [-0.25, -0.2) is 0 Å². The van der Waals surface area contributed by atoms with Crippen molar-refractivity contribution in [1.82, 2.24) is 10.2 Å². The lowest BCUT2D eigenvalue weighted by Crippen LogP contribution is -2.51. The fourth-order valence-corrected chi connectivity index (χ4v) is 4.80. The van der Waals surface area contributed by atoms with Crippen molar-refractivity contribution >= 4 is 28.6 Å². The molecule has 2 aliphatic rings. The lowest BCUT2D eigenvalue weighted by atomic mass is 9.78. The molecule has 0 spiro atoms. The van der Waals surface area contributed by atoms with Gasteiger partial charge in [0, 0.05) is 18.2 Å². The lowest BCUT2D eigenvalue weighted by Gasteiger charge is -2.44. The van der Waals surface area contributed by atoms with Crippen LogP contribution < -0.4 is 5.32 Å². The van der Waals surface area contributed by atoms with Gasteiger partial charge >= 0.3 is 5.97 Å². The normalized spacial score (nSPS) is 21.0. The number of amides is 2. The van der Waals surface area contributed by atoms with Gasteiger partial charge in [-0.3, -0.25) is 14.4 Å². The third-order valence-corrected chi connectivity index (χ3v) is 6.33. The van der Waals surface area contributed by atoms with Crippen LogP contribution in [0, 0.1) is 5.92 Å². The van der Waals surface area contributed by atoms with Crippen molar-refractivity contribution in [2.24, 2.45) is 5.92 Å². The van der Waals surface area contributed by atoms with E-state index in [9.17, 15) is 14.4 Å². The Hall–Kier alpha value is -2.89. The fourth-order valence-electron chi connectivity index (χ4n) is 4.80. The van der Waals surface area contributed by atoms with Crippen LogP contribution in [-0.2, 0) is 14.3 Å². The number of nitrogens with zero attached hydrogens (tertiary/aromatic N) is 1. The molecule has 2 amide bonds. The van der Waals surface area contributed by atoms with Crippen molar-refractivity contribution < 1.29 is 19.1 Å². The maximum atomic E-state index is 12.6. The number of hydrogen-bond acceptors (Lipinski definition) is 4. The second-order valence-electron chi connectivity index (χ2n) is 8.25. The molecule has 2 fully saturated rings. The van der Waals surface area contributed by atoms with Gasteiger partial charge in [-0.2, -0.15) is 0 Å². The topological polar surface area (TPSA) is 75.7 Å². The molecule has 1 saturated carbocycles. The highest BCUT2D eigenvalue weighted by Crippen LogP contribution is 2.35. The molecule has 2 aromatic rings. The zero-order valence-corrected chi connectivity index (χ0v) is 17.1. The van der Waals surface area contributed by atoms with Crippen molar-refractivity contribution in [1.29, 1.82) is 0 Å². The van der Waals surface area contributed by atoms with Gasteiger partial charge < -0.3 is 15.0 Å². The number of hydrogen-bond donors (Lipinski definition) is 1. The Bertz CT molecular complexity index is 940. The number of fused-ring (bicyclic) bond motifs is 2. The van der Waals surface area contributed by atoms with E-state index in [2.05, 4.69) is 5.32 Å². The molecule has 30 heavy (non-hydrogen) atoms. The average molecular weight is 408 g/mol. The number of rotatable bonds is 5. The smallest absolute Gasteiger partial charge is 0.325 e. The minimum absolute atomic E-state index is 0.124. The van der Waals surface area contributed by atoms with Gasteiger partial charge in [0.15, 0.2) is 6.61 Å². The van der Waals surface area contributed by atoms with Crippen molar-refractivity contribution in [3.8, 4) is 0 Å². The Labute approximate surface area is 176 Å². The summed E-state index contributed by atoms with van der Waals surface area (Å²) in [4.78, 5) is 38.9. The van der Waals surface area contributed by atoms with Crippen LogP contribution in [-0.4, -0.2) is 48.4 Å². The largest absolute Gasteiger partial charge is 0.454 e. The fraction of sp³-hybridized carbons (Fsp3) is 0.458. The molecule has 0 aromatic heterocycles. The molecule has 4 rings (SSSR count).